The summed E-state index contributed by atoms with van der Waals surface area (Å²) < 4.78 is 43.0. The van der Waals surface area contributed by atoms with Gasteiger partial charge in [-0.15, -0.1) is 0 Å². The molecule has 1 saturated heterocycles. The molecule has 4 aliphatic rings. The quantitative estimate of drug-likeness (QED) is 0.684. The van der Waals surface area contributed by atoms with E-state index in [4.69, 9.17) is 0 Å². The maximum Gasteiger partial charge on any atom is 0.406 e. The van der Waals surface area contributed by atoms with Gasteiger partial charge in [0.15, 0.2) is 5.41 Å². The van der Waals surface area contributed by atoms with Gasteiger partial charge in [0, 0.05) is 25.9 Å². The number of hydrogen-bond acceptors (Lipinski definition) is 2. The third kappa shape index (κ3) is 1.46. The SMILES string of the molecule is CN1C(=O)N(C)[C@@H]2[C@H]3C=C[C@H](c4ccccc43)[C@]2(C(F)(F)F)C1=O. The molecule has 0 aromatic heterocycles. The first-order valence-corrected chi connectivity index (χ1v) is 7.61. The summed E-state index contributed by atoms with van der Waals surface area (Å²) >= 11 is 0. The molecular weight excluding hydrogens is 321 g/mol. The van der Waals surface area contributed by atoms with E-state index in [1.165, 1.54) is 13.1 Å². The Balaban J connectivity index is 2.07. The minimum Gasteiger partial charge on any atom is -0.322 e. The zero-order valence-electron chi connectivity index (χ0n) is 13.0. The Morgan fingerprint density at radius 1 is 1.04 bits per heavy atom. The van der Waals surface area contributed by atoms with Crippen molar-refractivity contribution in [1.29, 1.82) is 0 Å². The molecule has 4 atom stereocenters. The van der Waals surface area contributed by atoms with Crippen LogP contribution in [0.15, 0.2) is 36.4 Å². The van der Waals surface area contributed by atoms with E-state index in [2.05, 4.69) is 0 Å². The predicted octanol–water partition coefficient (Wildman–Crippen LogP) is 2.88. The summed E-state index contributed by atoms with van der Waals surface area (Å²) in [6.07, 6.45) is -1.60. The average molecular weight is 336 g/mol. The number of benzene rings is 1. The first-order valence-electron chi connectivity index (χ1n) is 7.61. The number of nitrogens with zero attached hydrogens (tertiary/aromatic N) is 2. The molecule has 1 heterocycles. The van der Waals surface area contributed by atoms with Crippen LogP contribution in [0.25, 0.3) is 0 Å². The van der Waals surface area contributed by atoms with Crippen molar-refractivity contribution >= 4 is 11.9 Å². The van der Waals surface area contributed by atoms with E-state index < -0.39 is 41.4 Å². The first-order chi connectivity index (χ1) is 11.2. The maximum absolute atomic E-state index is 14.3. The van der Waals surface area contributed by atoms with E-state index in [1.54, 1.807) is 30.3 Å². The van der Waals surface area contributed by atoms with Crippen LogP contribution in [0.1, 0.15) is 23.0 Å². The zero-order chi connectivity index (χ0) is 17.4. The zero-order valence-corrected chi connectivity index (χ0v) is 13.0. The van der Waals surface area contributed by atoms with Gasteiger partial charge in [0.25, 0.3) is 0 Å². The number of rotatable bonds is 0. The van der Waals surface area contributed by atoms with Crippen molar-refractivity contribution in [3.05, 3.63) is 47.5 Å². The summed E-state index contributed by atoms with van der Waals surface area (Å²) in [6, 6.07) is 4.89. The molecule has 3 amide bonds. The highest BCUT2D eigenvalue weighted by atomic mass is 19.4. The summed E-state index contributed by atoms with van der Waals surface area (Å²) in [4.78, 5) is 26.8. The summed E-state index contributed by atoms with van der Waals surface area (Å²) in [5.74, 6) is -2.95. The molecule has 5 rings (SSSR count). The molecule has 7 heteroatoms. The van der Waals surface area contributed by atoms with Crippen molar-refractivity contribution in [2.45, 2.75) is 24.1 Å². The van der Waals surface area contributed by atoms with Crippen LogP contribution in [0, 0.1) is 5.41 Å². The fourth-order valence-electron chi connectivity index (χ4n) is 4.67. The van der Waals surface area contributed by atoms with Gasteiger partial charge in [-0.1, -0.05) is 36.4 Å². The average Bonchev–Trinajstić information content (AvgIpc) is 2.56. The Hall–Kier alpha value is -2.31. The van der Waals surface area contributed by atoms with Gasteiger partial charge < -0.3 is 4.90 Å². The lowest BCUT2D eigenvalue weighted by molar-refractivity contribution is -0.254. The number of allylic oxidation sites excluding steroid dienone is 1. The molecule has 0 unspecified atom stereocenters. The van der Waals surface area contributed by atoms with Crippen molar-refractivity contribution in [2.24, 2.45) is 5.41 Å². The fourth-order valence-corrected chi connectivity index (χ4v) is 4.67. The van der Waals surface area contributed by atoms with Crippen LogP contribution in [0.5, 0.6) is 0 Å². The Morgan fingerprint density at radius 3 is 2.29 bits per heavy atom. The monoisotopic (exact) mass is 336 g/mol. The topological polar surface area (TPSA) is 40.6 Å². The van der Waals surface area contributed by atoms with Crippen LogP contribution in [-0.4, -0.2) is 48.1 Å². The number of likely N-dealkylation sites (N-methyl/N-ethyl adjacent to an activating group) is 1. The summed E-state index contributed by atoms with van der Waals surface area (Å²) in [5, 5.41) is 0. The summed E-state index contributed by atoms with van der Waals surface area (Å²) in [7, 11) is 2.45. The molecule has 1 aromatic carbocycles. The lowest BCUT2D eigenvalue weighted by atomic mass is 9.52. The second-order valence-electron chi connectivity index (χ2n) is 6.59. The van der Waals surface area contributed by atoms with Crippen LogP contribution < -0.4 is 0 Å². The number of carbonyl (C=O) groups is 2. The maximum atomic E-state index is 14.3. The highest BCUT2D eigenvalue weighted by molar-refractivity contribution is 6.02. The van der Waals surface area contributed by atoms with Gasteiger partial charge in [-0.25, -0.2) is 4.79 Å². The van der Waals surface area contributed by atoms with Gasteiger partial charge in [0.2, 0.25) is 5.91 Å². The number of alkyl halides is 3. The van der Waals surface area contributed by atoms with Crippen LogP contribution in [0.3, 0.4) is 0 Å². The molecule has 1 fully saturated rings. The van der Waals surface area contributed by atoms with Crippen molar-refractivity contribution in [3.8, 4) is 0 Å². The second-order valence-corrected chi connectivity index (χ2v) is 6.59. The molecule has 3 aliphatic carbocycles. The second kappa shape index (κ2) is 4.40. The molecular formula is C17H15F3N2O2. The van der Waals surface area contributed by atoms with Gasteiger partial charge >= 0.3 is 12.2 Å². The van der Waals surface area contributed by atoms with E-state index in [-0.39, 0.29) is 0 Å². The number of amides is 3. The minimum absolute atomic E-state index is 0.517. The Bertz CT molecular complexity index is 788. The number of imide groups is 1. The number of carbonyl (C=O) groups excluding carboxylic acids is 2. The normalized spacial score (nSPS) is 34.5. The van der Waals surface area contributed by atoms with E-state index >= 15 is 0 Å². The standard InChI is InChI=1S/C17H15F3N2O2/c1-21-13-11-7-8-12(10-6-4-3-5-9(10)11)16(13,17(18,19)20)14(23)22(2)15(21)24/h3-8,11-13H,1-2H3/t11-,12+,13+,16+/m0/s1. The Kier molecular flexibility index (Phi) is 2.79. The first kappa shape index (κ1) is 15.2. The van der Waals surface area contributed by atoms with E-state index in [0.29, 0.717) is 10.5 Å². The van der Waals surface area contributed by atoms with Crippen LogP contribution >= 0.6 is 0 Å². The molecule has 1 aliphatic heterocycles. The lowest BCUT2D eigenvalue weighted by Crippen LogP contribution is -2.74. The molecule has 126 valence electrons. The molecule has 4 nitrogen and oxygen atoms in total. The summed E-state index contributed by atoms with van der Waals surface area (Å²) in [5.41, 5.74) is -1.37. The van der Waals surface area contributed by atoms with E-state index in [0.717, 1.165) is 17.5 Å². The molecule has 0 saturated carbocycles. The minimum atomic E-state index is -4.78. The largest absolute Gasteiger partial charge is 0.406 e. The van der Waals surface area contributed by atoms with Crippen LogP contribution in [0.4, 0.5) is 18.0 Å². The van der Waals surface area contributed by atoms with Gasteiger partial charge in [0.05, 0.1) is 6.04 Å². The molecule has 2 bridgehead atoms. The van der Waals surface area contributed by atoms with E-state index in [1.807, 2.05) is 0 Å². The third-order valence-electron chi connectivity index (χ3n) is 5.63. The number of hydrogen-bond donors (Lipinski definition) is 0. The third-order valence-corrected chi connectivity index (χ3v) is 5.63. The number of halogens is 3. The Labute approximate surface area is 136 Å². The lowest BCUT2D eigenvalue weighted by Gasteiger charge is -2.59. The van der Waals surface area contributed by atoms with Crippen LogP contribution in [-0.2, 0) is 4.79 Å². The van der Waals surface area contributed by atoms with Crippen molar-refractivity contribution in [1.82, 2.24) is 9.80 Å². The Morgan fingerprint density at radius 2 is 1.67 bits per heavy atom. The fraction of sp³-hybridized carbons (Fsp3) is 0.412. The van der Waals surface area contributed by atoms with Crippen LogP contribution in [0.2, 0.25) is 0 Å². The molecule has 24 heavy (non-hydrogen) atoms. The highest BCUT2D eigenvalue weighted by Crippen LogP contribution is 2.64. The molecule has 0 N–H and O–H groups in total. The molecule has 0 spiro atoms. The van der Waals surface area contributed by atoms with Crippen molar-refractivity contribution in [2.75, 3.05) is 14.1 Å². The molecule has 0 radical (unpaired) electrons. The van der Waals surface area contributed by atoms with Crippen molar-refractivity contribution < 1.29 is 22.8 Å². The van der Waals surface area contributed by atoms with Gasteiger partial charge in [-0.3, -0.25) is 9.69 Å². The summed E-state index contributed by atoms with van der Waals surface area (Å²) in [6.45, 7) is 0. The van der Waals surface area contributed by atoms with E-state index in [9.17, 15) is 22.8 Å². The molecule has 1 aromatic rings. The van der Waals surface area contributed by atoms with Crippen molar-refractivity contribution in [3.63, 3.8) is 0 Å². The van der Waals surface area contributed by atoms with Gasteiger partial charge in [0.1, 0.15) is 0 Å². The van der Waals surface area contributed by atoms with Gasteiger partial charge in [-0.05, 0) is 11.1 Å². The smallest absolute Gasteiger partial charge is 0.322 e. The number of urea groups is 1. The highest BCUT2D eigenvalue weighted by Gasteiger charge is 2.76. The predicted molar refractivity (Wildman–Crippen MR) is 79.3 cm³/mol. The van der Waals surface area contributed by atoms with Gasteiger partial charge in [-0.2, -0.15) is 13.2 Å².